The summed E-state index contributed by atoms with van der Waals surface area (Å²) in [7, 11) is 1.71. The molecule has 2 aromatic carbocycles. The van der Waals surface area contributed by atoms with Crippen LogP contribution in [0, 0.1) is 12.7 Å². The summed E-state index contributed by atoms with van der Waals surface area (Å²) in [5.74, 6) is 1.48. The van der Waals surface area contributed by atoms with Crippen LogP contribution in [0.3, 0.4) is 0 Å². The zero-order valence-corrected chi connectivity index (χ0v) is 19.8. The van der Waals surface area contributed by atoms with Gasteiger partial charge in [0, 0.05) is 11.9 Å². The van der Waals surface area contributed by atoms with Crippen LogP contribution in [0.25, 0.3) is 37.3 Å². The predicted octanol–water partition coefficient (Wildman–Crippen LogP) is 4.99. The largest absolute Gasteiger partial charge is 0.279 e. The lowest BCUT2D eigenvalue weighted by molar-refractivity contribution is 0.628. The standard InChI is InChI=1S/C24H17FN6OS2/c1-13-3-8-18-16(9-13)23(32)30(2)24-29-28-20(31(18)24)11-33-22-21-17(26-12-27-22)10-19(34-21)14-4-6-15(25)7-5-14/h3-10,12H,11H2,1-2H3. The molecule has 34 heavy (non-hydrogen) atoms. The van der Waals surface area contributed by atoms with Gasteiger partial charge in [-0.2, -0.15) is 0 Å². The summed E-state index contributed by atoms with van der Waals surface area (Å²) in [6, 6.07) is 14.2. The predicted molar refractivity (Wildman–Crippen MR) is 133 cm³/mol. The van der Waals surface area contributed by atoms with E-state index in [0.29, 0.717) is 16.9 Å². The lowest BCUT2D eigenvalue weighted by atomic mass is 10.1. The molecule has 0 aliphatic heterocycles. The van der Waals surface area contributed by atoms with Gasteiger partial charge < -0.3 is 0 Å². The molecule has 7 nitrogen and oxygen atoms in total. The molecule has 0 radical (unpaired) electrons. The molecule has 4 aromatic heterocycles. The summed E-state index contributed by atoms with van der Waals surface area (Å²) in [6.07, 6.45) is 1.55. The minimum atomic E-state index is -0.262. The molecular weight excluding hydrogens is 471 g/mol. The number of aryl methyl sites for hydroxylation is 2. The summed E-state index contributed by atoms with van der Waals surface area (Å²) in [5.41, 5.74) is 3.49. The number of rotatable bonds is 4. The molecule has 6 aromatic rings. The number of benzene rings is 2. The van der Waals surface area contributed by atoms with Crippen LogP contribution in [0.4, 0.5) is 4.39 Å². The first kappa shape index (κ1) is 20.9. The van der Waals surface area contributed by atoms with Crippen molar-refractivity contribution in [1.29, 1.82) is 0 Å². The fourth-order valence-corrected chi connectivity index (χ4v) is 6.09. The van der Waals surface area contributed by atoms with E-state index in [1.165, 1.54) is 16.7 Å². The highest BCUT2D eigenvalue weighted by atomic mass is 32.2. The number of fused-ring (bicyclic) bond motifs is 4. The van der Waals surface area contributed by atoms with E-state index in [-0.39, 0.29) is 11.4 Å². The number of nitrogens with zero attached hydrogens (tertiary/aromatic N) is 6. The third-order valence-corrected chi connectivity index (χ3v) is 7.98. The molecule has 0 fully saturated rings. The molecule has 0 aliphatic carbocycles. The van der Waals surface area contributed by atoms with Crippen LogP contribution in [-0.2, 0) is 12.8 Å². The maximum Gasteiger partial charge on any atom is 0.262 e. The third-order valence-electron chi connectivity index (χ3n) is 5.69. The van der Waals surface area contributed by atoms with Gasteiger partial charge in [0.1, 0.15) is 23.0 Å². The number of thiophene rings is 1. The highest BCUT2D eigenvalue weighted by Gasteiger charge is 2.17. The Labute approximate surface area is 200 Å². The van der Waals surface area contributed by atoms with Crippen LogP contribution < -0.4 is 5.56 Å². The average Bonchev–Trinajstić information content (AvgIpc) is 3.47. The quantitative estimate of drug-likeness (QED) is 0.257. The van der Waals surface area contributed by atoms with Crippen molar-refractivity contribution in [3.63, 3.8) is 0 Å². The Balaban J connectivity index is 1.40. The van der Waals surface area contributed by atoms with Gasteiger partial charge in [0.05, 0.1) is 26.9 Å². The van der Waals surface area contributed by atoms with Gasteiger partial charge >= 0.3 is 0 Å². The molecule has 0 atom stereocenters. The van der Waals surface area contributed by atoms with Gasteiger partial charge in [0.15, 0.2) is 0 Å². The van der Waals surface area contributed by atoms with Crippen molar-refractivity contribution < 1.29 is 4.39 Å². The smallest absolute Gasteiger partial charge is 0.262 e. The van der Waals surface area contributed by atoms with Gasteiger partial charge in [0.25, 0.3) is 5.56 Å². The molecule has 0 unspecified atom stereocenters. The molecule has 6 rings (SSSR count). The second kappa shape index (κ2) is 8.00. The Morgan fingerprint density at radius 3 is 2.71 bits per heavy atom. The molecule has 168 valence electrons. The maximum atomic E-state index is 13.3. The molecule has 0 spiro atoms. The number of hydrogen-bond donors (Lipinski definition) is 0. The van der Waals surface area contributed by atoms with Crippen molar-refractivity contribution >= 4 is 50.0 Å². The first-order valence-electron chi connectivity index (χ1n) is 10.5. The topological polar surface area (TPSA) is 78.0 Å². The Bertz CT molecular complexity index is 1770. The molecule has 0 aliphatic rings. The fraction of sp³-hybridized carbons (Fsp3) is 0.125. The van der Waals surface area contributed by atoms with Gasteiger partial charge in [-0.1, -0.05) is 35.5 Å². The van der Waals surface area contributed by atoms with Gasteiger partial charge in [-0.25, -0.2) is 14.4 Å². The molecule has 4 heterocycles. The van der Waals surface area contributed by atoms with Crippen LogP contribution in [-0.4, -0.2) is 29.1 Å². The van der Waals surface area contributed by atoms with Crippen LogP contribution in [0.5, 0.6) is 0 Å². The molecule has 10 heteroatoms. The van der Waals surface area contributed by atoms with E-state index < -0.39 is 0 Å². The lowest BCUT2D eigenvalue weighted by Gasteiger charge is -2.08. The highest BCUT2D eigenvalue weighted by molar-refractivity contribution is 7.98. The van der Waals surface area contributed by atoms with Gasteiger partial charge in [-0.3, -0.25) is 13.8 Å². The van der Waals surface area contributed by atoms with E-state index in [2.05, 4.69) is 20.2 Å². The second-order valence-electron chi connectivity index (χ2n) is 7.94. The Hall–Kier alpha value is -3.63. The van der Waals surface area contributed by atoms with Gasteiger partial charge in [-0.05, 0) is 42.8 Å². The molecule has 0 bridgehead atoms. The van der Waals surface area contributed by atoms with Gasteiger partial charge in [0.2, 0.25) is 5.78 Å². The van der Waals surface area contributed by atoms with Crippen molar-refractivity contribution in [3.8, 4) is 10.4 Å². The van der Waals surface area contributed by atoms with Crippen LogP contribution in [0.15, 0.2) is 64.7 Å². The van der Waals surface area contributed by atoms with Gasteiger partial charge in [-0.15, -0.1) is 21.5 Å². The van der Waals surface area contributed by atoms with Crippen molar-refractivity contribution in [2.75, 3.05) is 0 Å². The molecular formula is C24H17FN6OS2. The Kier molecular flexibility index (Phi) is 4.93. The van der Waals surface area contributed by atoms with Crippen molar-refractivity contribution in [2.45, 2.75) is 17.7 Å². The summed E-state index contributed by atoms with van der Waals surface area (Å²) in [4.78, 5) is 22.7. The SMILES string of the molecule is Cc1ccc2c(c1)c(=O)n(C)c1nnc(CSc3ncnc4cc(-c5ccc(F)cc5)sc34)n21. The van der Waals surface area contributed by atoms with Crippen molar-refractivity contribution in [3.05, 3.63) is 82.4 Å². The van der Waals surface area contributed by atoms with E-state index >= 15 is 0 Å². The summed E-state index contributed by atoms with van der Waals surface area (Å²) in [6.45, 7) is 1.97. The first-order valence-corrected chi connectivity index (χ1v) is 12.3. The zero-order valence-electron chi connectivity index (χ0n) is 18.2. The summed E-state index contributed by atoms with van der Waals surface area (Å²) in [5, 5.41) is 10.1. The average molecular weight is 489 g/mol. The number of halogens is 1. The molecule has 0 saturated carbocycles. The van der Waals surface area contributed by atoms with E-state index in [9.17, 15) is 9.18 Å². The normalized spacial score (nSPS) is 11.7. The van der Waals surface area contributed by atoms with Crippen LogP contribution in [0.2, 0.25) is 0 Å². The molecule has 0 N–H and O–H groups in total. The van der Waals surface area contributed by atoms with Crippen LogP contribution in [0.1, 0.15) is 11.4 Å². The fourth-order valence-electron chi connectivity index (χ4n) is 3.98. The maximum absolute atomic E-state index is 13.3. The Morgan fingerprint density at radius 1 is 1.06 bits per heavy atom. The van der Waals surface area contributed by atoms with E-state index in [1.807, 2.05) is 35.6 Å². The van der Waals surface area contributed by atoms with E-state index in [1.54, 1.807) is 48.6 Å². The van der Waals surface area contributed by atoms with Crippen molar-refractivity contribution in [1.82, 2.24) is 29.1 Å². The number of hydrogen-bond acceptors (Lipinski definition) is 7. The first-order chi connectivity index (χ1) is 16.5. The monoisotopic (exact) mass is 488 g/mol. The third kappa shape index (κ3) is 3.37. The Morgan fingerprint density at radius 2 is 1.88 bits per heavy atom. The van der Waals surface area contributed by atoms with E-state index in [4.69, 9.17) is 0 Å². The minimum Gasteiger partial charge on any atom is -0.279 e. The summed E-state index contributed by atoms with van der Waals surface area (Å²) >= 11 is 3.12. The zero-order chi connectivity index (χ0) is 23.4. The highest BCUT2D eigenvalue weighted by Crippen LogP contribution is 2.37. The number of thioether (sulfide) groups is 1. The number of aromatic nitrogens is 6. The molecule has 0 saturated heterocycles. The van der Waals surface area contributed by atoms with Crippen LogP contribution >= 0.6 is 23.1 Å². The molecule has 0 amide bonds. The van der Waals surface area contributed by atoms with Crippen molar-refractivity contribution in [2.24, 2.45) is 7.05 Å². The minimum absolute atomic E-state index is 0.0952. The summed E-state index contributed by atoms with van der Waals surface area (Å²) < 4.78 is 17.8. The second-order valence-corrected chi connectivity index (χ2v) is 9.95. The lowest BCUT2D eigenvalue weighted by Crippen LogP contribution is -2.20. The van der Waals surface area contributed by atoms with E-state index in [0.717, 1.165) is 42.6 Å².